The third-order valence-corrected chi connectivity index (χ3v) is 4.26. The van der Waals surface area contributed by atoms with Crippen molar-refractivity contribution in [3.8, 4) is 5.69 Å². The van der Waals surface area contributed by atoms with Gasteiger partial charge in [0.1, 0.15) is 0 Å². The van der Waals surface area contributed by atoms with Gasteiger partial charge in [-0.2, -0.15) is 0 Å². The number of ether oxygens (including phenoxy) is 1. The lowest BCUT2D eigenvalue weighted by molar-refractivity contribution is -0.117. The van der Waals surface area contributed by atoms with E-state index in [2.05, 4.69) is 15.6 Å². The van der Waals surface area contributed by atoms with Crippen LogP contribution in [0.2, 0.25) is 0 Å². The number of nitrogens with zero attached hydrogens (tertiary/aromatic N) is 2. The van der Waals surface area contributed by atoms with Crippen LogP contribution in [0.1, 0.15) is 6.42 Å². The van der Waals surface area contributed by atoms with Gasteiger partial charge in [0.2, 0.25) is 11.9 Å². The van der Waals surface area contributed by atoms with Crippen molar-refractivity contribution in [1.82, 2.24) is 14.9 Å². The molecule has 4 rings (SSSR count). The van der Waals surface area contributed by atoms with Crippen LogP contribution in [-0.2, 0) is 9.53 Å². The summed E-state index contributed by atoms with van der Waals surface area (Å²) in [5, 5.41) is 6.26. The number of morpholine rings is 1. The van der Waals surface area contributed by atoms with E-state index in [1.54, 1.807) is 0 Å². The fourth-order valence-corrected chi connectivity index (χ4v) is 3.10. The second kappa shape index (κ2) is 8.31. The first-order valence-electron chi connectivity index (χ1n) is 8.45. The largest absolute Gasteiger partial charge is 0.378 e. The van der Waals surface area contributed by atoms with E-state index in [0.717, 1.165) is 23.3 Å². The van der Waals surface area contributed by atoms with E-state index in [1.165, 1.54) is 0 Å². The Hall–Kier alpha value is -2.41. The first kappa shape index (κ1) is 18.4. The van der Waals surface area contributed by atoms with Gasteiger partial charge in [-0.05, 0) is 24.3 Å². The fourth-order valence-electron chi connectivity index (χ4n) is 3.10. The Morgan fingerprint density at radius 3 is 2.73 bits per heavy atom. The molecule has 136 valence electrons. The number of halogens is 1. The number of imidazole rings is 1. The maximum Gasteiger partial charge on any atom is 0.228 e. The molecule has 2 N–H and O–H groups in total. The number of para-hydroxylation sites is 3. The van der Waals surface area contributed by atoms with E-state index in [-0.39, 0.29) is 24.4 Å². The molecule has 0 aliphatic carbocycles. The smallest absolute Gasteiger partial charge is 0.228 e. The van der Waals surface area contributed by atoms with Crippen LogP contribution in [0.15, 0.2) is 54.6 Å². The molecule has 1 unspecified atom stereocenters. The number of hydrogen-bond acceptors (Lipinski definition) is 4. The number of hydrogen-bond donors (Lipinski definition) is 2. The van der Waals surface area contributed by atoms with E-state index in [9.17, 15) is 4.79 Å². The van der Waals surface area contributed by atoms with Crippen molar-refractivity contribution in [2.75, 3.05) is 25.1 Å². The first-order chi connectivity index (χ1) is 12.3. The quantitative estimate of drug-likeness (QED) is 0.739. The van der Waals surface area contributed by atoms with Crippen molar-refractivity contribution in [1.29, 1.82) is 0 Å². The molecule has 0 radical (unpaired) electrons. The second-order valence-electron chi connectivity index (χ2n) is 6.07. The van der Waals surface area contributed by atoms with Gasteiger partial charge < -0.3 is 10.1 Å². The van der Waals surface area contributed by atoms with Crippen molar-refractivity contribution >= 4 is 35.3 Å². The highest BCUT2D eigenvalue weighted by atomic mass is 35.5. The van der Waals surface area contributed by atoms with Gasteiger partial charge in [0.25, 0.3) is 0 Å². The molecule has 0 saturated carbocycles. The summed E-state index contributed by atoms with van der Waals surface area (Å²) in [6, 6.07) is 17.8. The predicted molar refractivity (Wildman–Crippen MR) is 104 cm³/mol. The zero-order chi connectivity index (χ0) is 17.1. The van der Waals surface area contributed by atoms with Gasteiger partial charge in [-0.15, -0.1) is 12.4 Å². The molecule has 1 fully saturated rings. The fraction of sp³-hybridized carbons (Fsp3) is 0.263. The number of fused-ring (bicyclic) bond motifs is 1. The normalized spacial score (nSPS) is 16.8. The number of anilines is 1. The van der Waals surface area contributed by atoms with Crippen LogP contribution in [0.4, 0.5) is 5.95 Å². The van der Waals surface area contributed by atoms with Gasteiger partial charge >= 0.3 is 0 Å². The summed E-state index contributed by atoms with van der Waals surface area (Å²) in [5.41, 5.74) is 2.77. The lowest BCUT2D eigenvalue weighted by Crippen LogP contribution is -2.43. The number of carbonyl (C=O) groups is 1. The third-order valence-electron chi connectivity index (χ3n) is 4.26. The topological polar surface area (TPSA) is 68.2 Å². The SMILES string of the molecule is Cl.O=C(CC1COCCN1)Nc1nc2ccccc2n1-c1ccccc1. The zero-order valence-electron chi connectivity index (χ0n) is 14.2. The molecule has 3 aromatic rings. The minimum Gasteiger partial charge on any atom is -0.378 e. The van der Waals surface area contributed by atoms with Crippen LogP contribution < -0.4 is 10.6 Å². The van der Waals surface area contributed by atoms with Crippen molar-refractivity contribution < 1.29 is 9.53 Å². The number of rotatable bonds is 4. The molecule has 1 aromatic heterocycles. The zero-order valence-corrected chi connectivity index (χ0v) is 15.0. The second-order valence-corrected chi connectivity index (χ2v) is 6.07. The molecule has 0 spiro atoms. The summed E-state index contributed by atoms with van der Waals surface area (Å²) in [6.45, 7) is 2.03. The van der Waals surface area contributed by atoms with E-state index < -0.39 is 0 Å². The van der Waals surface area contributed by atoms with Crippen LogP contribution in [0, 0.1) is 0 Å². The summed E-state index contributed by atoms with van der Waals surface area (Å²) in [6.07, 6.45) is 0.359. The summed E-state index contributed by atoms with van der Waals surface area (Å²) in [7, 11) is 0. The predicted octanol–water partition coefficient (Wildman–Crippen LogP) is 2.76. The van der Waals surface area contributed by atoms with E-state index in [1.807, 2.05) is 59.2 Å². The average Bonchev–Trinajstić information content (AvgIpc) is 3.01. The van der Waals surface area contributed by atoms with Crippen LogP contribution in [0.25, 0.3) is 16.7 Å². The van der Waals surface area contributed by atoms with Crippen molar-refractivity contribution in [3.63, 3.8) is 0 Å². The highest BCUT2D eigenvalue weighted by Gasteiger charge is 2.19. The first-order valence-corrected chi connectivity index (χ1v) is 8.45. The number of amides is 1. The van der Waals surface area contributed by atoms with Crippen molar-refractivity contribution in [3.05, 3.63) is 54.6 Å². The summed E-state index contributed by atoms with van der Waals surface area (Å²) >= 11 is 0. The van der Waals surface area contributed by atoms with E-state index in [4.69, 9.17) is 4.74 Å². The molecule has 1 amide bonds. The highest BCUT2D eigenvalue weighted by molar-refractivity contribution is 5.92. The molecule has 6 nitrogen and oxygen atoms in total. The molecule has 1 atom stereocenters. The Morgan fingerprint density at radius 2 is 1.96 bits per heavy atom. The van der Waals surface area contributed by atoms with Gasteiger partial charge in [-0.1, -0.05) is 30.3 Å². The Labute approximate surface area is 158 Å². The minimum atomic E-state index is -0.0736. The Kier molecular flexibility index (Phi) is 5.88. The number of nitrogens with one attached hydrogen (secondary N) is 2. The average molecular weight is 373 g/mol. The van der Waals surface area contributed by atoms with Crippen molar-refractivity contribution in [2.24, 2.45) is 0 Å². The lowest BCUT2D eigenvalue weighted by Gasteiger charge is -2.23. The van der Waals surface area contributed by atoms with Crippen LogP contribution in [-0.4, -0.2) is 41.3 Å². The molecule has 2 heterocycles. The molecule has 1 aliphatic rings. The minimum absolute atomic E-state index is 0. The molecule has 1 saturated heterocycles. The Morgan fingerprint density at radius 1 is 1.19 bits per heavy atom. The van der Waals surface area contributed by atoms with Gasteiger partial charge in [-0.25, -0.2) is 4.98 Å². The third kappa shape index (κ3) is 3.88. The lowest BCUT2D eigenvalue weighted by atomic mass is 10.2. The molecule has 1 aliphatic heterocycles. The number of benzene rings is 2. The Bertz CT molecular complexity index is 876. The van der Waals surface area contributed by atoms with Crippen LogP contribution in [0.3, 0.4) is 0 Å². The molecular weight excluding hydrogens is 352 g/mol. The van der Waals surface area contributed by atoms with E-state index >= 15 is 0 Å². The van der Waals surface area contributed by atoms with Crippen LogP contribution in [0.5, 0.6) is 0 Å². The van der Waals surface area contributed by atoms with Gasteiger partial charge in [0.15, 0.2) is 0 Å². The molecule has 7 heteroatoms. The maximum absolute atomic E-state index is 12.5. The number of aromatic nitrogens is 2. The number of carbonyl (C=O) groups excluding carboxylic acids is 1. The molecule has 2 aromatic carbocycles. The maximum atomic E-state index is 12.5. The van der Waals surface area contributed by atoms with Gasteiger partial charge in [-0.3, -0.25) is 14.7 Å². The monoisotopic (exact) mass is 372 g/mol. The van der Waals surface area contributed by atoms with Crippen LogP contribution >= 0.6 is 12.4 Å². The van der Waals surface area contributed by atoms with E-state index in [0.29, 0.717) is 25.6 Å². The summed E-state index contributed by atoms with van der Waals surface area (Å²) in [4.78, 5) is 17.1. The van der Waals surface area contributed by atoms with Crippen molar-refractivity contribution in [2.45, 2.75) is 12.5 Å². The van der Waals surface area contributed by atoms with Gasteiger partial charge in [0, 0.05) is 24.7 Å². The Balaban J connectivity index is 0.00000196. The summed E-state index contributed by atoms with van der Waals surface area (Å²) in [5.74, 6) is 0.463. The highest BCUT2D eigenvalue weighted by Crippen LogP contribution is 2.24. The standard InChI is InChI=1S/C19H20N4O2.ClH/c24-18(12-14-13-25-11-10-20-14)22-19-21-16-8-4-5-9-17(16)23(19)15-6-2-1-3-7-15;/h1-9,14,20H,10-13H2,(H,21,22,24);1H. The van der Waals surface area contributed by atoms with Gasteiger partial charge in [0.05, 0.1) is 24.2 Å². The molecule has 26 heavy (non-hydrogen) atoms. The molecular formula is C19H21ClN4O2. The summed E-state index contributed by atoms with van der Waals surface area (Å²) < 4.78 is 7.38. The molecule has 0 bridgehead atoms.